The first-order chi connectivity index (χ1) is 10.7. The number of hydrogen-bond acceptors (Lipinski definition) is 4. The second-order valence-corrected chi connectivity index (χ2v) is 4.74. The molecule has 1 aromatic heterocycles. The van der Waals surface area contributed by atoms with Gasteiger partial charge in [-0.15, -0.1) is 0 Å². The second kappa shape index (κ2) is 5.73. The van der Waals surface area contributed by atoms with Crippen molar-refractivity contribution in [3.8, 4) is 34.0 Å². The molecule has 0 spiro atoms. The highest BCUT2D eigenvalue weighted by Crippen LogP contribution is 2.31. The molecule has 0 aliphatic heterocycles. The Morgan fingerprint density at radius 2 is 1.82 bits per heavy atom. The molecule has 1 heterocycles. The number of hydrogen-bond donors (Lipinski definition) is 1. The van der Waals surface area contributed by atoms with Crippen molar-refractivity contribution in [3.05, 3.63) is 66.1 Å². The van der Waals surface area contributed by atoms with Gasteiger partial charge in [0.1, 0.15) is 5.69 Å². The first-order valence-electron chi connectivity index (χ1n) is 6.71. The van der Waals surface area contributed by atoms with E-state index in [1.807, 2.05) is 30.3 Å². The Morgan fingerprint density at radius 1 is 1.05 bits per heavy atom. The highest BCUT2D eigenvalue weighted by molar-refractivity contribution is 5.68. The molecule has 5 nitrogen and oxygen atoms in total. The third-order valence-corrected chi connectivity index (χ3v) is 3.36. The molecule has 0 bridgehead atoms. The molecule has 3 rings (SSSR count). The number of phenolic OH excluding ortho intramolecular Hbond substituents is 1. The number of aromatic nitrogens is 2. The molecule has 22 heavy (non-hydrogen) atoms. The smallest absolute Gasteiger partial charge is 0.290 e. The summed E-state index contributed by atoms with van der Waals surface area (Å²) in [6, 6.07) is 16.0. The van der Waals surface area contributed by atoms with Crippen molar-refractivity contribution >= 4 is 0 Å². The average molecular weight is 294 g/mol. The molecule has 0 fully saturated rings. The topological polar surface area (TPSA) is 69.3 Å². The van der Waals surface area contributed by atoms with E-state index in [2.05, 4.69) is 4.98 Å². The van der Waals surface area contributed by atoms with E-state index in [1.165, 1.54) is 19.5 Å². The fourth-order valence-electron chi connectivity index (χ4n) is 2.22. The maximum absolute atomic E-state index is 12.0. The van der Waals surface area contributed by atoms with Crippen molar-refractivity contribution in [2.75, 3.05) is 7.11 Å². The van der Waals surface area contributed by atoms with Crippen LogP contribution in [0, 0.1) is 5.21 Å². The molecule has 110 valence electrons. The Balaban J connectivity index is 2.10. The fourth-order valence-corrected chi connectivity index (χ4v) is 2.22. The van der Waals surface area contributed by atoms with Crippen LogP contribution in [0.2, 0.25) is 0 Å². The predicted octanol–water partition coefficient (Wildman–Crippen LogP) is 2.76. The molecule has 0 radical (unpaired) electrons. The molecule has 0 aliphatic carbocycles. The van der Waals surface area contributed by atoms with Crippen LogP contribution in [0.4, 0.5) is 0 Å². The molecule has 1 N–H and O–H groups in total. The van der Waals surface area contributed by atoms with Gasteiger partial charge in [-0.1, -0.05) is 30.3 Å². The van der Waals surface area contributed by atoms with Gasteiger partial charge in [-0.3, -0.25) is 0 Å². The van der Waals surface area contributed by atoms with Crippen molar-refractivity contribution in [2.24, 2.45) is 0 Å². The minimum absolute atomic E-state index is 0.0596. The van der Waals surface area contributed by atoms with Crippen LogP contribution in [-0.4, -0.2) is 17.2 Å². The third kappa shape index (κ3) is 2.56. The van der Waals surface area contributed by atoms with Gasteiger partial charge in [0.15, 0.2) is 17.2 Å². The summed E-state index contributed by atoms with van der Waals surface area (Å²) < 4.78 is 5.83. The zero-order valence-electron chi connectivity index (χ0n) is 11.9. The van der Waals surface area contributed by atoms with Gasteiger partial charge in [0.25, 0.3) is 6.33 Å². The van der Waals surface area contributed by atoms with E-state index in [0.29, 0.717) is 17.1 Å². The summed E-state index contributed by atoms with van der Waals surface area (Å²) in [5.41, 5.74) is 2.71. The average Bonchev–Trinajstić information content (AvgIpc) is 2.57. The number of phenols is 1. The van der Waals surface area contributed by atoms with Crippen LogP contribution in [0.1, 0.15) is 0 Å². The van der Waals surface area contributed by atoms with E-state index in [9.17, 15) is 10.3 Å². The molecule has 0 saturated heterocycles. The lowest BCUT2D eigenvalue weighted by Gasteiger charge is -2.09. The summed E-state index contributed by atoms with van der Waals surface area (Å²) in [5.74, 6) is 0.420. The predicted molar refractivity (Wildman–Crippen MR) is 82.3 cm³/mol. The van der Waals surface area contributed by atoms with E-state index >= 15 is 0 Å². The number of methoxy groups -OCH3 is 1. The van der Waals surface area contributed by atoms with E-state index in [1.54, 1.807) is 18.2 Å². The van der Waals surface area contributed by atoms with Gasteiger partial charge in [-0.05, 0) is 23.2 Å². The van der Waals surface area contributed by atoms with Crippen LogP contribution in [0.5, 0.6) is 11.5 Å². The van der Waals surface area contributed by atoms with Gasteiger partial charge in [-0.25, -0.2) is 4.73 Å². The number of nitrogens with zero attached hydrogens (tertiary/aromatic N) is 2. The Morgan fingerprint density at radius 3 is 2.55 bits per heavy atom. The van der Waals surface area contributed by atoms with Crippen molar-refractivity contribution in [1.29, 1.82) is 0 Å². The van der Waals surface area contributed by atoms with Gasteiger partial charge in [-0.2, -0.15) is 0 Å². The lowest BCUT2D eigenvalue weighted by atomic mass is 10.1. The Kier molecular flexibility index (Phi) is 3.62. The van der Waals surface area contributed by atoms with Crippen molar-refractivity contribution in [3.63, 3.8) is 0 Å². The highest BCUT2D eigenvalue weighted by Gasteiger charge is 2.13. The fraction of sp³-hybridized carbons (Fsp3) is 0.0588. The Labute approximate surface area is 127 Å². The first-order valence-corrected chi connectivity index (χ1v) is 6.71. The standard InChI is InChI=1S/C17H14N2O3/c1-22-17-9-13(7-8-16(17)20)14-10-15(19(21)11-18-14)12-5-3-2-4-6-12/h2-11,20H,1H3. The minimum atomic E-state index is 0.0596. The zero-order valence-corrected chi connectivity index (χ0v) is 11.9. The maximum atomic E-state index is 12.0. The zero-order chi connectivity index (χ0) is 15.5. The summed E-state index contributed by atoms with van der Waals surface area (Å²) in [6.45, 7) is 0. The van der Waals surface area contributed by atoms with E-state index < -0.39 is 0 Å². The van der Waals surface area contributed by atoms with E-state index in [4.69, 9.17) is 4.74 Å². The molecular formula is C17H14N2O3. The summed E-state index contributed by atoms with van der Waals surface area (Å²) in [4.78, 5) is 4.15. The molecule has 3 aromatic rings. The van der Waals surface area contributed by atoms with Crippen LogP contribution >= 0.6 is 0 Å². The van der Waals surface area contributed by atoms with Crippen molar-refractivity contribution in [1.82, 2.24) is 4.98 Å². The van der Waals surface area contributed by atoms with Gasteiger partial charge in [0, 0.05) is 17.2 Å². The summed E-state index contributed by atoms with van der Waals surface area (Å²) in [6.07, 6.45) is 1.23. The monoisotopic (exact) mass is 294 g/mol. The van der Waals surface area contributed by atoms with Crippen molar-refractivity contribution < 1.29 is 14.6 Å². The molecule has 0 atom stereocenters. The van der Waals surface area contributed by atoms with E-state index in [0.717, 1.165) is 15.9 Å². The van der Waals surface area contributed by atoms with Gasteiger partial charge >= 0.3 is 0 Å². The molecular weight excluding hydrogens is 280 g/mol. The summed E-state index contributed by atoms with van der Waals surface area (Å²) in [5, 5.41) is 21.6. The SMILES string of the molecule is COc1cc(-c2cc(-c3ccccc3)[n+]([O-])cn2)ccc1O. The van der Waals surface area contributed by atoms with Gasteiger partial charge in [0.05, 0.1) is 7.11 Å². The number of benzene rings is 2. The normalized spacial score (nSPS) is 10.4. The molecule has 0 amide bonds. The first kappa shape index (κ1) is 13.9. The Hall–Kier alpha value is -3.08. The minimum Gasteiger partial charge on any atom is -0.710 e. The van der Waals surface area contributed by atoms with E-state index in [-0.39, 0.29) is 5.75 Å². The summed E-state index contributed by atoms with van der Waals surface area (Å²) >= 11 is 0. The molecule has 0 unspecified atom stereocenters. The van der Waals surface area contributed by atoms with Gasteiger partial charge in [0.2, 0.25) is 0 Å². The quantitative estimate of drug-likeness (QED) is 0.595. The molecule has 5 heteroatoms. The number of rotatable bonds is 3. The maximum Gasteiger partial charge on any atom is 0.290 e. The number of ether oxygens (including phenoxy) is 1. The third-order valence-electron chi connectivity index (χ3n) is 3.36. The van der Waals surface area contributed by atoms with Crippen molar-refractivity contribution in [2.45, 2.75) is 0 Å². The lowest BCUT2D eigenvalue weighted by molar-refractivity contribution is -0.597. The highest BCUT2D eigenvalue weighted by atomic mass is 16.5. The summed E-state index contributed by atoms with van der Waals surface area (Å²) in [7, 11) is 1.48. The van der Waals surface area contributed by atoms with Gasteiger partial charge < -0.3 is 15.1 Å². The van der Waals surface area contributed by atoms with Crippen LogP contribution in [0.25, 0.3) is 22.5 Å². The van der Waals surface area contributed by atoms with Crippen LogP contribution in [0.15, 0.2) is 60.9 Å². The second-order valence-electron chi connectivity index (χ2n) is 4.74. The molecule has 0 saturated carbocycles. The largest absolute Gasteiger partial charge is 0.710 e. The molecule has 0 aliphatic rings. The molecule has 2 aromatic carbocycles. The lowest BCUT2D eigenvalue weighted by Crippen LogP contribution is -2.29. The number of aromatic hydroxyl groups is 1. The van der Waals surface area contributed by atoms with Crippen LogP contribution in [-0.2, 0) is 0 Å². The van der Waals surface area contributed by atoms with Crippen LogP contribution in [0.3, 0.4) is 0 Å². The van der Waals surface area contributed by atoms with Crippen LogP contribution < -0.4 is 9.47 Å². The Bertz CT molecular complexity index is 804.